The zero-order valence-electron chi connectivity index (χ0n) is 81.1. The van der Waals surface area contributed by atoms with Gasteiger partial charge in [0.05, 0.1) is 88.3 Å². The van der Waals surface area contributed by atoms with Gasteiger partial charge in [-0.15, -0.1) is 119 Å². The topological polar surface area (TPSA) is 265 Å². The van der Waals surface area contributed by atoms with Crippen LogP contribution in [0.3, 0.4) is 0 Å². The molecule has 8 N–H and O–H groups in total. The fraction of sp³-hybridized carbons (Fsp3) is 0.396. The van der Waals surface area contributed by atoms with Gasteiger partial charge >= 0.3 is 6.18 Å². The molecule has 754 valence electrons. The molecule has 137 heavy (non-hydrogen) atoms. The molecule has 16 nitrogen and oxygen atoms in total. The Morgan fingerprint density at radius 1 is 0.241 bits per heavy atom. The number of hydrogen-bond donors (Lipinski definition) is 8. The van der Waals surface area contributed by atoms with Gasteiger partial charge in [-0.05, 0) is 144 Å². The molecule has 0 saturated carbocycles. The smallest absolute Gasteiger partial charge is 0.393 e. The van der Waals surface area contributed by atoms with E-state index in [1.807, 2.05) is 132 Å². The predicted molar refractivity (Wildman–Crippen MR) is 501 cm³/mol. The third kappa shape index (κ3) is 44.1. The molecule has 0 bridgehead atoms. The van der Waals surface area contributed by atoms with Crippen LogP contribution in [-0.2, 0) is 80.4 Å². The van der Waals surface area contributed by atoms with Crippen LogP contribution in [-0.4, -0.2) is 136 Å². The normalized spacial score (nSPS) is 13.1. The summed E-state index contributed by atoms with van der Waals surface area (Å²) in [6, 6.07) is 52.3. The average molecular weight is 2620 g/mol. The molecule has 0 fully saturated rings. The summed E-state index contributed by atoms with van der Waals surface area (Å²) >= 11 is 0. The van der Waals surface area contributed by atoms with Gasteiger partial charge in [0.25, 0.3) is 0 Å². The minimum absolute atomic E-state index is 0. The number of aromatic nitrogens is 8. The van der Waals surface area contributed by atoms with Gasteiger partial charge in [-0.1, -0.05) is 173 Å². The molecule has 0 saturated heterocycles. The van der Waals surface area contributed by atoms with E-state index in [0.717, 1.165) is 45.0 Å². The first-order valence-corrected chi connectivity index (χ1v) is 43.1. The van der Waals surface area contributed by atoms with Gasteiger partial charge in [-0.25, -0.2) is 17.6 Å². The number of aliphatic hydroxyl groups is 8. The zero-order valence-corrected chi connectivity index (χ0v) is 90.6. The summed E-state index contributed by atoms with van der Waals surface area (Å²) in [5.74, 6) is -2.68. The molecule has 0 aliphatic rings. The third-order valence-electron chi connectivity index (χ3n) is 20.4. The molecule has 4 aromatic heterocycles. The van der Waals surface area contributed by atoms with Crippen molar-refractivity contribution >= 4 is 0 Å². The summed E-state index contributed by atoms with van der Waals surface area (Å²) in [4.78, 5) is 35.4. The van der Waals surface area contributed by atoms with Crippen LogP contribution in [0.4, 0.5) is 48.3 Å². The van der Waals surface area contributed by atoms with E-state index in [-0.39, 0.29) is 154 Å². The van der Waals surface area contributed by atoms with E-state index >= 15 is 0 Å². The minimum Gasteiger partial charge on any atom is -0.393 e. The SMILES string of the molecule is CC(C)(C)C(O)CC(O)C(C)(C)C.CC(C)(C)C(O)CC(O)C(C)(C)C.CC(C)(C)C(O)CC(O)C(F)(F)F.CC(O)CC(O)C(C)(C)C.Cc1cnc(-c2[c-]cc(F)cc2)c(-c2ccc(F)cc2)n1.Cc1cnc(-c2[c-]cc(F)cc2)c(-c2ccc(F)cc2)n1.Cc1cnc(-c2[c-]cc(F)cc2)c(-c2ccc(F)cc2)n1.Cc1cnc(-c2[c-]cc(F)cc2)c(-c2ccc(F)cc2)n1.[Ir].[Ir].[Ir].[Ir]. The summed E-state index contributed by atoms with van der Waals surface area (Å²) in [5.41, 5.74) is 12.1. The van der Waals surface area contributed by atoms with Gasteiger partial charge < -0.3 is 60.8 Å². The zero-order chi connectivity index (χ0) is 100. The maximum atomic E-state index is 13.1. The van der Waals surface area contributed by atoms with Crippen LogP contribution in [0.25, 0.3) is 90.1 Å². The summed E-state index contributed by atoms with van der Waals surface area (Å²) in [6.45, 7) is 43.5. The fourth-order valence-electron chi connectivity index (χ4n) is 11.4. The summed E-state index contributed by atoms with van der Waals surface area (Å²) < 4.78 is 140. The van der Waals surface area contributed by atoms with E-state index in [4.69, 9.17) is 10.2 Å². The van der Waals surface area contributed by atoms with Crippen LogP contribution in [0.1, 0.15) is 180 Å². The maximum absolute atomic E-state index is 13.1. The molecule has 31 heteroatoms. The van der Waals surface area contributed by atoms with Gasteiger partial charge in [-0.3, -0.25) is 37.5 Å². The van der Waals surface area contributed by atoms with Crippen LogP contribution in [0, 0.1) is 131 Å². The van der Waals surface area contributed by atoms with E-state index in [9.17, 15) is 78.9 Å². The van der Waals surface area contributed by atoms with Crippen molar-refractivity contribution in [1.82, 2.24) is 39.9 Å². The van der Waals surface area contributed by atoms with Crippen molar-refractivity contribution in [2.24, 2.45) is 32.5 Å². The van der Waals surface area contributed by atoms with Crippen molar-refractivity contribution in [2.45, 2.75) is 240 Å². The standard InChI is InChI=1S/4C17H11F2N2.2C11H24O2.C8H15F3O2.C8H18O2.4Ir/c4*1-11-10-20-16(12-2-6-14(18)7-3-12)17(21-11)13-4-8-15(19)9-5-13;2*1-10(2,3)8(12)7-9(13)11(4,5)6;1-7(2,3)5(12)4-6(13)8(9,10)11;1-6(9)5-7(10)8(2,3)4;;;;/h4*2,4-10H,1H3;2*8-9,12-13H,7H2,1-6H3;5-6,12-13H,4H2,1-3H3;6-7,9-10H,5H2,1-4H3;;;;/q4*-1;;;;;;;;. The number of hydrogen-bond acceptors (Lipinski definition) is 16. The first-order chi connectivity index (χ1) is 61.5. The van der Waals surface area contributed by atoms with Crippen LogP contribution >= 0.6 is 0 Å². The maximum Gasteiger partial charge on any atom is 0.414 e. The monoisotopic (exact) mass is 2620 g/mol. The molecule has 0 aliphatic carbocycles. The van der Waals surface area contributed by atoms with E-state index in [1.54, 1.807) is 125 Å². The van der Waals surface area contributed by atoms with Crippen molar-refractivity contribution in [3.63, 3.8) is 0 Å². The van der Waals surface area contributed by atoms with Gasteiger partial charge in [0.2, 0.25) is 0 Å². The molecular formula is C106H125F11Ir4N8O8-4. The minimum atomic E-state index is -4.65. The molecule has 0 spiro atoms. The van der Waals surface area contributed by atoms with Gasteiger partial charge in [0.1, 0.15) is 23.3 Å². The predicted octanol–water partition coefficient (Wildman–Crippen LogP) is 24.0. The quantitative estimate of drug-likeness (QED) is 0.0330. The number of halogens is 11. The van der Waals surface area contributed by atoms with Crippen molar-refractivity contribution in [1.29, 1.82) is 0 Å². The number of benzene rings is 8. The molecule has 0 aliphatic heterocycles. The Morgan fingerprint density at radius 3 is 0.540 bits per heavy atom. The second-order valence-electron chi connectivity index (χ2n) is 38.7. The molecular weight excluding hydrogens is 2490 g/mol. The molecule has 8 atom stereocenters. The Kier molecular flexibility index (Phi) is 52.6. The number of nitrogens with zero attached hydrogens (tertiary/aromatic N) is 8. The molecule has 4 radical (unpaired) electrons. The second kappa shape index (κ2) is 56.9. The van der Waals surface area contributed by atoms with Crippen LogP contribution < -0.4 is 0 Å². The number of aliphatic hydroxyl groups excluding tert-OH is 8. The number of alkyl halides is 3. The van der Waals surface area contributed by atoms with Crippen LogP contribution in [0.2, 0.25) is 0 Å². The number of rotatable bonds is 16. The first-order valence-electron chi connectivity index (χ1n) is 43.1. The average Bonchev–Trinajstić information content (AvgIpc) is 0.813. The molecule has 8 unspecified atom stereocenters. The fourth-order valence-corrected chi connectivity index (χ4v) is 11.4. The van der Waals surface area contributed by atoms with Crippen molar-refractivity contribution < 1.29 is 170 Å². The first kappa shape index (κ1) is 127. The molecule has 4 heterocycles. The van der Waals surface area contributed by atoms with Gasteiger partial charge in [-0.2, -0.15) is 13.2 Å². The van der Waals surface area contributed by atoms with E-state index in [1.165, 1.54) is 97.1 Å². The Balaban J connectivity index is 0.000000791. The molecule has 0 amide bonds. The molecule has 8 aromatic carbocycles. The van der Waals surface area contributed by atoms with E-state index in [2.05, 4.69) is 64.1 Å². The van der Waals surface area contributed by atoms with Crippen LogP contribution in [0.5, 0.6) is 0 Å². The Bertz CT molecular complexity index is 4850. The van der Waals surface area contributed by atoms with Gasteiger partial charge in [0.15, 0.2) is 6.10 Å². The summed E-state index contributed by atoms with van der Waals surface area (Å²) in [5, 5.41) is 75.3. The third-order valence-corrected chi connectivity index (χ3v) is 20.4. The van der Waals surface area contributed by atoms with Crippen LogP contribution in [0.15, 0.2) is 195 Å². The van der Waals surface area contributed by atoms with Crippen molar-refractivity contribution in [3.05, 3.63) is 288 Å². The van der Waals surface area contributed by atoms with E-state index in [0.29, 0.717) is 87.1 Å². The van der Waals surface area contributed by atoms with E-state index < -0.39 is 66.8 Å². The summed E-state index contributed by atoms with van der Waals surface area (Å²) in [7, 11) is 0. The Morgan fingerprint density at radius 2 is 0.401 bits per heavy atom. The van der Waals surface area contributed by atoms with Gasteiger partial charge in [0, 0.05) is 171 Å². The largest absolute Gasteiger partial charge is 0.414 e. The Labute approximate surface area is 853 Å². The summed E-state index contributed by atoms with van der Waals surface area (Å²) in [6.07, 6.45) is -3.60. The van der Waals surface area contributed by atoms with Crippen molar-refractivity contribution in [3.8, 4) is 90.1 Å². The van der Waals surface area contributed by atoms with Crippen molar-refractivity contribution in [2.75, 3.05) is 0 Å². The molecule has 12 aromatic rings. The number of aryl methyl sites for hydroxylation is 4. The second-order valence-corrected chi connectivity index (χ2v) is 38.7. The Hall–Kier alpha value is -8.41. The molecule has 12 rings (SSSR count).